The fourth-order valence-electron chi connectivity index (χ4n) is 1.83. The number of benzene rings is 2. The number of carbonyl (C=O) groups excluding carboxylic acids is 1. The minimum absolute atomic E-state index is 0.0691. The van der Waals surface area contributed by atoms with E-state index in [0.29, 0.717) is 5.75 Å². The van der Waals surface area contributed by atoms with Crippen LogP contribution in [-0.4, -0.2) is 17.6 Å². The molecule has 2 aromatic rings. The summed E-state index contributed by atoms with van der Waals surface area (Å²) in [5, 5.41) is 2.71. The SMILES string of the molecule is Cc1ccc(OCC(=O)NNC(=S)Nc2ccccc2F)cc1C. The Kier molecular flexibility index (Phi) is 6.08. The number of nitrogens with one attached hydrogen (secondary N) is 3. The van der Waals surface area contributed by atoms with Gasteiger partial charge in [0, 0.05) is 0 Å². The van der Waals surface area contributed by atoms with Crippen molar-refractivity contribution in [2.45, 2.75) is 13.8 Å². The van der Waals surface area contributed by atoms with Gasteiger partial charge < -0.3 is 10.1 Å². The van der Waals surface area contributed by atoms with Gasteiger partial charge >= 0.3 is 0 Å². The number of hydrogen-bond acceptors (Lipinski definition) is 3. The number of carbonyl (C=O) groups is 1. The summed E-state index contributed by atoms with van der Waals surface area (Å²) in [6, 6.07) is 11.7. The van der Waals surface area contributed by atoms with Crippen LogP contribution in [0.25, 0.3) is 0 Å². The fourth-order valence-corrected chi connectivity index (χ4v) is 1.99. The third-order valence-corrected chi connectivity index (χ3v) is 3.49. The van der Waals surface area contributed by atoms with E-state index in [0.717, 1.165) is 11.1 Å². The maximum absolute atomic E-state index is 13.5. The quantitative estimate of drug-likeness (QED) is 0.586. The van der Waals surface area contributed by atoms with Crippen molar-refractivity contribution in [1.29, 1.82) is 0 Å². The lowest BCUT2D eigenvalue weighted by atomic mass is 10.1. The van der Waals surface area contributed by atoms with Crippen molar-refractivity contribution in [3.05, 3.63) is 59.4 Å². The fraction of sp³-hybridized carbons (Fsp3) is 0.176. The van der Waals surface area contributed by atoms with E-state index in [9.17, 15) is 9.18 Å². The van der Waals surface area contributed by atoms with Crippen molar-refractivity contribution in [3.8, 4) is 5.75 Å². The zero-order valence-electron chi connectivity index (χ0n) is 13.4. The Hall–Kier alpha value is -2.67. The molecular weight excluding hydrogens is 329 g/mol. The molecule has 0 aromatic heterocycles. The zero-order chi connectivity index (χ0) is 17.5. The molecule has 24 heavy (non-hydrogen) atoms. The topological polar surface area (TPSA) is 62.4 Å². The molecule has 5 nitrogen and oxygen atoms in total. The summed E-state index contributed by atoms with van der Waals surface area (Å²) in [5.74, 6) is -0.239. The average molecular weight is 347 g/mol. The Bertz CT molecular complexity index is 752. The molecule has 3 N–H and O–H groups in total. The van der Waals surface area contributed by atoms with E-state index in [-0.39, 0.29) is 17.4 Å². The van der Waals surface area contributed by atoms with Gasteiger partial charge in [-0.25, -0.2) is 4.39 Å². The molecule has 126 valence electrons. The summed E-state index contributed by atoms with van der Waals surface area (Å²) < 4.78 is 18.9. The van der Waals surface area contributed by atoms with Crippen molar-refractivity contribution in [2.75, 3.05) is 11.9 Å². The van der Waals surface area contributed by atoms with Crippen LogP contribution in [0.5, 0.6) is 5.75 Å². The lowest BCUT2D eigenvalue weighted by Crippen LogP contribution is -2.45. The molecule has 1 amide bonds. The van der Waals surface area contributed by atoms with E-state index in [1.807, 2.05) is 26.0 Å². The first-order valence-electron chi connectivity index (χ1n) is 7.26. The minimum Gasteiger partial charge on any atom is -0.484 e. The Morgan fingerprint density at radius 1 is 1.12 bits per heavy atom. The predicted molar refractivity (Wildman–Crippen MR) is 95.3 cm³/mol. The predicted octanol–water partition coefficient (Wildman–Crippen LogP) is 2.84. The Morgan fingerprint density at radius 3 is 2.58 bits per heavy atom. The van der Waals surface area contributed by atoms with Gasteiger partial charge in [0.15, 0.2) is 11.7 Å². The van der Waals surface area contributed by atoms with Crippen LogP contribution in [0, 0.1) is 19.7 Å². The van der Waals surface area contributed by atoms with Gasteiger partial charge in [0.05, 0.1) is 5.69 Å². The molecule has 0 saturated carbocycles. The molecule has 0 bridgehead atoms. The van der Waals surface area contributed by atoms with Crippen LogP contribution < -0.4 is 20.9 Å². The van der Waals surface area contributed by atoms with Crippen LogP contribution >= 0.6 is 12.2 Å². The van der Waals surface area contributed by atoms with Gasteiger partial charge in [-0.2, -0.15) is 0 Å². The van der Waals surface area contributed by atoms with Gasteiger partial charge in [0.1, 0.15) is 11.6 Å². The van der Waals surface area contributed by atoms with E-state index in [2.05, 4.69) is 16.2 Å². The van der Waals surface area contributed by atoms with Gasteiger partial charge in [0.2, 0.25) is 0 Å². The number of thiocarbonyl (C=S) groups is 1. The van der Waals surface area contributed by atoms with Crippen LogP contribution in [0.4, 0.5) is 10.1 Å². The van der Waals surface area contributed by atoms with Crippen molar-refractivity contribution in [1.82, 2.24) is 10.9 Å². The third-order valence-electron chi connectivity index (χ3n) is 3.29. The number of amides is 1. The summed E-state index contributed by atoms with van der Waals surface area (Å²) >= 11 is 4.98. The largest absolute Gasteiger partial charge is 0.484 e. The highest BCUT2D eigenvalue weighted by Crippen LogP contribution is 2.16. The Labute approximate surface area is 145 Å². The number of anilines is 1. The van der Waals surface area contributed by atoms with Crippen molar-refractivity contribution < 1.29 is 13.9 Å². The van der Waals surface area contributed by atoms with E-state index < -0.39 is 11.7 Å². The second-order valence-electron chi connectivity index (χ2n) is 5.14. The molecule has 2 rings (SSSR count). The molecule has 0 aliphatic rings. The first-order chi connectivity index (χ1) is 11.5. The van der Waals surface area contributed by atoms with E-state index in [4.69, 9.17) is 17.0 Å². The molecule has 0 heterocycles. The number of aryl methyl sites for hydroxylation is 2. The Morgan fingerprint density at radius 2 is 1.88 bits per heavy atom. The van der Waals surface area contributed by atoms with Crippen LogP contribution in [0.15, 0.2) is 42.5 Å². The highest BCUT2D eigenvalue weighted by atomic mass is 32.1. The van der Waals surface area contributed by atoms with Crippen LogP contribution in [0.1, 0.15) is 11.1 Å². The lowest BCUT2D eigenvalue weighted by molar-refractivity contribution is -0.123. The molecule has 2 aromatic carbocycles. The summed E-state index contributed by atoms with van der Waals surface area (Å²) in [5.41, 5.74) is 7.32. The van der Waals surface area contributed by atoms with E-state index >= 15 is 0 Å². The summed E-state index contributed by atoms with van der Waals surface area (Å²) in [4.78, 5) is 11.7. The zero-order valence-corrected chi connectivity index (χ0v) is 14.2. The molecule has 0 aliphatic heterocycles. The third kappa shape index (κ3) is 5.20. The van der Waals surface area contributed by atoms with E-state index in [1.54, 1.807) is 18.2 Å². The number of ether oxygens (including phenoxy) is 1. The molecule has 7 heteroatoms. The second-order valence-corrected chi connectivity index (χ2v) is 5.55. The summed E-state index contributed by atoms with van der Waals surface area (Å²) in [7, 11) is 0. The molecule has 0 atom stereocenters. The molecule has 0 aliphatic carbocycles. The van der Waals surface area contributed by atoms with Gasteiger partial charge in [0.25, 0.3) is 5.91 Å². The van der Waals surface area contributed by atoms with Gasteiger partial charge in [-0.3, -0.25) is 15.6 Å². The molecule has 0 radical (unpaired) electrons. The Balaban J connectivity index is 1.75. The minimum atomic E-state index is -0.439. The summed E-state index contributed by atoms with van der Waals surface area (Å²) in [6.07, 6.45) is 0. The van der Waals surface area contributed by atoms with Gasteiger partial charge in [-0.05, 0) is 61.5 Å². The first kappa shape index (κ1) is 17.7. The number of halogens is 1. The maximum atomic E-state index is 13.5. The molecular formula is C17H18FN3O2S. The first-order valence-corrected chi connectivity index (χ1v) is 7.67. The molecule has 0 saturated heterocycles. The second kappa shape index (κ2) is 8.26. The molecule has 0 unspecified atom stereocenters. The highest BCUT2D eigenvalue weighted by molar-refractivity contribution is 7.80. The maximum Gasteiger partial charge on any atom is 0.276 e. The number of rotatable bonds is 4. The van der Waals surface area contributed by atoms with Crippen molar-refractivity contribution >= 4 is 28.9 Å². The lowest BCUT2D eigenvalue weighted by Gasteiger charge is -2.12. The van der Waals surface area contributed by atoms with Gasteiger partial charge in [-0.1, -0.05) is 18.2 Å². The summed E-state index contributed by atoms with van der Waals surface area (Å²) in [6.45, 7) is 3.80. The molecule has 0 spiro atoms. The highest BCUT2D eigenvalue weighted by Gasteiger charge is 2.06. The average Bonchev–Trinajstić information content (AvgIpc) is 2.56. The number of para-hydroxylation sites is 1. The number of hydrogen-bond donors (Lipinski definition) is 3. The normalized spacial score (nSPS) is 9.96. The van der Waals surface area contributed by atoms with Crippen LogP contribution in [0.3, 0.4) is 0 Å². The van der Waals surface area contributed by atoms with Crippen LogP contribution in [-0.2, 0) is 4.79 Å². The van der Waals surface area contributed by atoms with Crippen molar-refractivity contribution in [2.24, 2.45) is 0 Å². The monoisotopic (exact) mass is 347 g/mol. The molecule has 0 fully saturated rings. The van der Waals surface area contributed by atoms with Crippen LogP contribution in [0.2, 0.25) is 0 Å². The van der Waals surface area contributed by atoms with E-state index in [1.165, 1.54) is 12.1 Å². The van der Waals surface area contributed by atoms with Gasteiger partial charge in [-0.15, -0.1) is 0 Å². The standard InChI is InChI=1S/C17H18FN3O2S/c1-11-7-8-13(9-12(11)2)23-10-16(22)20-21-17(24)19-15-6-4-3-5-14(15)18/h3-9H,10H2,1-2H3,(H,20,22)(H2,19,21,24). The smallest absolute Gasteiger partial charge is 0.276 e. The van der Waals surface area contributed by atoms with Crippen molar-refractivity contribution in [3.63, 3.8) is 0 Å². The number of hydrazine groups is 1.